The minimum atomic E-state index is -2.80. The molecule has 1 aromatic carbocycles. The molecule has 1 aliphatic carbocycles. The molecular formula is C19H23FIN3O3. The SMILES string of the molecule is I.[2H]C([2H])([2H])C([2H])([2H])N1CCN(c2cc3c(cc2F)c(=O)c(C(=O)O)cn3C2CC2)CC1. The van der Waals surface area contributed by atoms with Crippen molar-refractivity contribution in [2.45, 2.75) is 25.7 Å². The Labute approximate surface area is 180 Å². The van der Waals surface area contributed by atoms with Gasteiger partial charge in [-0.25, -0.2) is 9.18 Å². The van der Waals surface area contributed by atoms with Gasteiger partial charge >= 0.3 is 5.97 Å². The Hall–Kier alpha value is -1.68. The van der Waals surface area contributed by atoms with Gasteiger partial charge in [-0.3, -0.25) is 4.79 Å². The molecule has 1 aromatic heterocycles. The van der Waals surface area contributed by atoms with Gasteiger partial charge in [0.2, 0.25) is 5.43 Å². The minimum absolute atomic E-state index is 0. The van der Waals surface area contributed by atoms with Gasteiger partial charge in [0.05, 0.1) is 11.2 Å². The van der Waals surface area contributed by atoms with Crippen molar-refractivity contribution in [3.05, 3.63) is 39.9 Å². The second-order valence-corrected chi connectivity index (χ2v) is 6.72. The minimum Gasteiger partial charge on any atom is -0.477 e. The number of aromatic nitrogens is 1. The van der Waals surface area contributed by atoms with E-state index >= 15 is 0 Å². The maximum absolute atomic E-state index is 15.0. The Morgan fingerprint density at radius 1 is 1.33 bits per heavy atom. The van der Waals surface area contributed by atoms with Crippen molar-refractivity contribution in [1.29, 1.82) is 0 Å². The summed E-state index contributed by atoms with van der Waals surface area (Å²) in [6, 6.07) is 2.65. The third-order valence-corrected chi connectivity index (χ3v) is 5.05. The van der Waals surface area contributed by atoms with Crippen molar-refractivity contribution >= 4 is 46.5 Å². The van der Waals surface area contributed by atoms with Crippen LogP contribution in [0.5, 0.6) is 0 Å². The summed E-state index contributed by atoms with van der Waals surface area (Å²) in [5.74, 6) is -2.03. The summed E-state index contributed by atoms with van der Waals surface area (Å²) in [7, 11) is 0. The monoisotopic (exact) mass is 492 g/mol. The molecule has 0 amide bonds. The number of rotatable bonds is 4. The summed E-state index contributed by atoms with van der Waals surface area (Å²) in [5, 5.41) is 9.34. The molecule has 27 heavy (non-hydrogen) atoms. The number of likely N-dealkylation sites (N-methyl/N-ethyl adjacent to an activating group) is 1. The van der Waals surface area contributed by atoms with Crippen molar-refractivity contribution < 1.29 is 21.1 Å². The third kappa shape index (κ3) is 3.69. The number of carboxylic acids is 1. The number of anilines is 1. The Balaban J connectivity index is 0.00000289. The van der Waals surface area contributed by atoms with Crippen molar-refractivity contribution in [2.75, 3.05) is 37.6 Å². The number of benzene rings is 1. The van der Waals surface area contributed by atoms with E-state index in [1.807, 2.05) is 0 Å². The van der Waals surface area contributed by atoms with Gasteiger partial charge in [-0.2, -0.15) is 0 Å². The quantitative estimate of drug-likeness (QED) is 0.666. The second kappa shape index (κ2) is 7.75. The van der Waals surface area contributed by atoms with E-state index in [0.717, 1.165) is 18.9 Å². The maximum atomic E-state index is 15.0. The molecule has 6 nitrogen and oxygen atoms in total. The first-order valence-corrected chi connectivity index (χ1v) is 8.53. The summed E-state index contributed by atoms with van der Waals surface area (Å²) >= 11 is 0. The van der Waals surface area contributed by atoms with E-state index in [4.69, 9.17) is 6.85 Å². The van der Waals surface area contributed by atoms with Gasteiger partial charge in [0.15, 0.2) is 0 Å². The number of hydrogen-bond acceptors (Lipinski definition) is 4. The second-order valence-electron chi connectivity index (χ2n) is 6.72. The Morgan fingerprint density at radius 3 is 2.63 bits per heavy atom. The molecule has 1 saturated heterocycles. The van der Waals surface area contributed by atoms with E-state index < -0.39 is 36.1 Å². The van der Waals surface area contributed by atoms with Crippen LogP contribution in [0.1, 0.15) is 42.9 Å². The number of nitrogens with zero attached hydrogens (tertiary/aromatic N) is 3. The molecule has 2 heterocycles. The fraction of sp³-hybridized carbons (Fsp3) is 0.474. The van der Waals surface area contributed by atoms with Crippen LogP contribution in [0.4, 0.5) is 10.1 Å². The predicted molar refractivity (Wildman–Crippen MR) is 113 cm³/mol. The van der Waals surface area contributed by atoms with Gasteiger partial charge in [-0.15, -0.1) is 24.0 Å². The highest BCUT2D eigenvalue weighted by atomic mass is 127. The molecule has 2 fully saturated rings. The van der Waals surface area contributed by atoms with Gasteiger partial charge in [-0.05, 0) is 31.5 Å². The summed E-state index contributed by atoms with van der Waals surface area (Å²) in [6.45, 7) is -4.68. The zero-order valence-electron chi connectivity index (χ0n) is 19.4. The molecule has 1 saturated carbocycles. The molecule has 2 aromatic rings. The Bertz CT molecular complexity index is 1110. The number of pyridine rings is 1. The first-order valence-electron chi connectivity index (χ1n) is 11.0. The molecule has 1 N–H and O–H groups in total. The van der Waals surface area contributed by atoms with Gasteiger partial charge in [0.1, 0.15) is 11.4 Å². The van der Waals surface area contributed by atoms with Crippen LogP contribution in [0.15, 0.2) is 23.1 Å². The van der Waals surface area contributed by atoms with Crippen LogP contribution in [-0.2, 0) is 0 Å². The maximum Gasteiger partial charge on any atom is 0.341 e. The lowest BCUT2D eigenvalue weighted by Gasteiger charge is -2.35. The van der Waals surface area contributed by atoms with E-state index in [9.17, 15) is 19.1 Å². The normalized spacial score (nSPS) is 21.5. The first kappa shape index (κ1) is 14.3. The van der Waals surface area contributed by atoms with Crippen molar-refractivity contribution in [2.24, 2.45) is 0 Å². The van der Waals surface area contributed by atoms with Crippen LogP contribution in [-0.4, -0.2) is 53.2 Å². The summed E-state index contributed by atoms with van der Waals surface area (Å²) in [6.07, 6.45) is 2.99. The van der Waals surface area contributed by atoms with E-state index in [1.54, 1.807) is 9.47 Å². The van der Waals surface area contributed by atoms with E-state index in [1.165, 1.54) is 17.2 Å². The molecule has 0 unspecified atom stereocenters. The van der Waals surface area contributed by atoms with Gasteiger partial charge in [0, 0.05) is 50.7 Å². The highest BCUT2D eigenvalue weighted by molar-refractivity contribution is 14.0. The van der Waals surface area contributed by atoms with E-state index in [-0.39, 0.29) is 67.3 Å². The van der Waals surface area contributed by atoms with Crippen LogP contribution in [0.2, 0.25) is 0 Å². The average molecular weight is 492 g/mol. The molecular weight excluding hydrogens is 464 g/mol. The fourth-order valence-corrected chi connectivity index (χ4v) is 3.47. The third-order valence-electron chi connectivity index (χ3n) is 5.05. The number of carbonyl (C=O) groups is 1. The number of hydrogen-bond donors (Lipinski definition) is 1. The van der Waals surface area contributed by atoms with Crippen LogP contribution in [0.25, 0.3) is 10.9 Å². The number of carboxylic acid groups (broad SMARTS) is 1. The van der Waals surface area contributed by atoms with Gasteiger partial charge < -0.3 is 19.5 Å². The average Bonchev–Trinajstić information content (AvgIpc) is 3.52. The highest BCUT2D eigenvalue weighted by Gasteiger charge is 2.28. The lowest BCUT2D eigenvalue weighted by atomic mass is 10.1. The Kier molecular flexibility index (Phi) is 4.11. The Morgan fingerprint density at radius 2 is 2.04 bits per heavy atom. The van der Waals surface area contributed by atoms with Crippen LogP contribution >= 0.6 is 24.0 Å². The summed E-state index contributed by atoms with van der Waals surface area (Å²) in [4.78, 5) is 26.9. The summed E-state index contributed by atoms with van der Waals surface area (Å²) in [5.41, 5.74) is -0.458. The highest BCUT2D eigenvalue weighted by Crippen LogP contribution is 2.38. The molecule has 0 spiro atoms. The van der Waals surface area contributed by atoms with E-state index in [2.05, 4.69) is 0 Å². The van der Waals surface area contributed by atoms with Gasteiger partial charge in [-0.1, -0.05) is 6.85 Å². The van der Waals surface area contributed by atoms with Gasteiger partial charge in [0.25, 0.3) is 0 Å². The van der Waals surface area contributed by atoms with Crippen molar-refractivity contribution in [3.8, 4) is 0 Å². The first-order chi connectivity index (χ1) is 14.4. The zero-order valence-corrected chi connectivity index (χ0v) is 16.8. The van der Waals surface area contributed by atoms with Crippen molar-refractivity contribution in [3.63, 3.8) is 0 Å². The fourth-order valence-electron chi connectivity index (χ4n) is 3.47. The molecule has 4 rings (SSSR count). The standard InChI is InChI=1S/C19H22FN3O3.HI/c1-2-21-5-7-22(8-6-21)17-10-16-13(9-15(17)20)18(24)14(19(25)26)11-23(16)12-3-4-12;/h9-12H,2-8H2,1H3,(H,25,26);1H/i1D3,2D2;. The molecule has 2 aliphatic rings. The molecule has 0 radical (unpaired) electrons. The number of piperazine rings is 1. The zero-order chi connectivity index (χ0) is 22.7. The number of aromatic carboxylic acids is 1. The molecule has 0 bridgehead atoms. The smallest absolute Gasteiger partial charge is 0.341 e. The molecule has 146 valence electrons. The largest absolute Gasteiger partial charge is 0.477 e. The van der Waals surface area contributed by atoms with Crippen LogP contribution in [0, 0.1) is 5.82 Å². The summed E-state index contributed by atoms with van der Waals surface area (Å²) < 4.78 is 54.7. The number of halogens is 2. The van der Waals surface area contributed by atoms with Crippen LogP contribution < -0.4 is 10.3 Å². The lowest BCUT2D eigenvalue weighted by molar-refractivity contribution is 0.0695. The predicted octanol–water partition coefficient (Wildman–Crippen LogP) is 2.93. The molecule has 8 heteroatoms. The van der Waals surface area contributed by atoms with Crippen molar-refractivity contribution in [1.82, 2.24) is 9.47 Å². The van der Waals surface area contributed by atoms with E-state index in [0.29, 0.717) is 5.52 Å². The molecule has 1 aliphatic heterocycles. The topological polar surface area (TPSA) is 65.8 Å². The lowest BCUT2D eigenvalue weighted by Crippen LogP contribution is -2.46. The molecule has 0 atom stereocenters. The van der Waals surface area contributed by atoms with Crippen LogP contribution in [0.3, 0.4) is 0 Å². The number of fused-ring (bicyclic) bond motifs is 1.